The Morgan fingerprint density at radius 2 is 2.21 bits per heavy atom. The van der Waals surface area contributed by atoms with Crippen molar-refractivity contribution in [3.05, 3.63) is 66.6 Å². The Labute approximate surface area is 139 Å². The number of hydrogen-bond acceptors (Lipinski definition) is 5. The van der Waals surface area contributed by atoms with Crippen LogP contribution in [-0.4, -0.2) is 34.1 Å². The summed E-state index contributed by atoms with van der Waals surface area (Å²) in [6.07, 6.45) is 9.38. The third kappa shape index (κ3) is 3.85. The first-order valence-electron chi connectivity index (χ1n) is 7.69. The first kappa shape index (κ1) is 15.9. The number of amides is 1. The van der Waals surface area contributed by atoms with Gasteiger partial charge in [-0.05, 0) is 36.4 Å². The summed E-state index contributed by atoms with van der Waals surface area (Å²) in [6.45, 7) is 1.91. The van der Waals surface area contributed by atoms with Gasteiger partial charge in [0.05, 0.1) is 6.26 Å². The van der Waals surface area contributed by atoms with Crippen LogP contribution >= 0.6 is 0 Å². The molecule has 3 rings (SSSR count). The third-order valence-corrected chi connectivity index (χ3v) is 3.69. The molecule has 0 aliphatic carbocycles. The molecule has 0 radical (unpaired) electrons. The number of pyridine rings is 2. The molecule has 2 aromatic rings. The molecule has 0 aromatic carbocycles. The van der Waals surface area contributed by atoms with Crippen LogP contribution in [-0.2, 0) is 4.79 Å². The molecule has 2 aromatic heterocycles. The Morgan fingerprint density at radius 3 is 2.96 bits per heavy atom. The third-order valence-electron chi connectivity index (χ3n) is 3.69. The van der Waals surface area contributed by atoms with E-state index in [0.29, 0.717) is 23.0 Å². The van der Waals surface area contributed by atoms with Crippen molar-refractivity contribution in [3.8, 4) is 0 Å². The van der Waals surface area contributed by atoms with Crippen molar-refractivity contribution >= 4 is 22.8 Å². The average molecular weight is 322 g/mol. The van der Waals surface area contributed by atoms with Gasteiger partial charge in [-0.15, -0.1) is 0 Å². The summed E-state index contributed by atoms with van der Waals surface area (Å²) in [7, 11) is 0. The van der Waals surface area contributed by atoms with E-state index in [-0.39, 0.29) is 5.91 Å². The average Bonchev–Trinajstić information content (AvgIpc) is 2.56. The van der Waals surface area contributed by atoms with E-state index in [2.05, 4.69) is 20.6 Å². The minimum absolute atomic E-state index is 0.337. The summed E-state index contributed by atoms with van der Waals surface area (Å²) in [5.41, 5.74) is 0.903. The van der Waals surface area contributed by atoms with Gasteiger partial charge in [0.25, 0.3) is 5.91 Å². The minimum Gasteiger partial charge on any atom is -0.516 e. The van der Waals surface area contributed by atoms with Crippen LogP contribution in [0.4, 0.5) is 5.82 Å². The van der Waals surface area contributed by atoms with Gasteiger partial charge in [-0.3, -0.25) is 4.79 Å². The van der Waals surface area contributed by atoms with Crippen LogP contribution in [0, 0.1) is 5.92 Å². The van der Waals surface area contributed by atoms with E-state index in [9.17, 15) is 4.79 Å². The molecule has 1 saturated heterocycles. The van der Waals surface area contributed by atoms with Crippen molar-refractivity contribution in [1.29, 1.82) is 0 Å². The maximum absolute atomic E-state index is 12.3. The molecule has 122 valence electrons. The second-order valence-corrected chi connectivity index (χ2v) is 5.44. The molecule has 6 heteroatoms. The molecule has 0 bridgehead atoms. The van der Waals surface area contributed by atoms with E-state index < -0.39 is 0 Å². The zero-order valence-corrected chi connectivity index (χ0v) is 13.0. The first-order valence-corrected chi connectivity index (χ1v) is 7.69. The van der Waals surface area contributed by atoms with E-state index in [0.717, 1.165) is 24.7 Å². The summed E-state index contributed by atoms with van der Waals surface area (Å²) in [6, 6.07) is 7.30. The highest BCUT2D eigenvalue weighted by Crippen LogP contribution is 2.13. The number of carbonyl (C=O) groups excluding carboxylic acids is 1. The second kappa shape index (κ2) is 7.52. The molecule has 0 spiro atoms. The number of allylic oxidation sites excluding steroid dienone is 2. The SMILES string of the molecule is O=C(Nc1ccc2cccnc2n1)C(/C=C/O)=C/C=C\C1CNC1. The smallest absolute Gasteiger partial charge is 0.256 e. The number of aliphatic hydroxyl groups excluding tert-OH is 1. The summed E-state index contributed by atoms with van der Waals surface area (Å²) < 4.78 is 0. The Hall–Kier alpha value is -2.99. The maximum Gasteiger partial charge on any atom is 0.256 e. The molecular formula is C18H18N4O2. The topological polar surface area (TPSA) is 87.1 Å². The molecule has 0 atom stereocenters. The lowest BCUT2D eigenvalue weighted by Gasteiger charge is -2.23. The van der Waals surface area contributed by atoms with Gasteiger partial charge in [0.1, 0.15) is 5.82 Å². The van der Waals surface area contributed by atoms with Gasteiger partial charge in [-0.1, -0.05) is 12.2 Å². The number of nitrogens with one attached hydrogen (secondary N) is 2. The molecular weight excluding hydrogens is 304 g/mol. The van der Waals surface area contributed by atoms with Crippen molar-refractivity contribution in [2.45, 2.75) is 0 Å². The lowest BCUT2D eigenvalue weighted by atomic mass is 10.0. The zero-order chi connectivity index (χ0) is 16.8. The molecule has 1 amide bonds. The Bertz CT molecular complexity index is 823. The van der Waals surface area contributed by atoms with Crippen molar-refractivity contribution in [3.63, 3.8) is 0 Å². The lowest BCUT2D eigenvalue weighted by Crippen LogP contribution is -2.40. The Kier molecular flexibility index (Phi) is 4.98. The number of aliphatic hydroxyl groups is 1. The summed E-state index contributed by atoms with van der Waals surface area (Å²) in [5.74, 6) is 0.562. The van der Waals surface area contributed by atoms with Gasteiger partial charge in [-0.2, -0.15) is 0 Å². The van der Waals surface area contributed by atoms with E-state index in [4.69, 9.17) is 5.11 Å². The monoisotopic (exact) mass is 322 g/mol. The molecule has 1 fully saturated rings. The summed E-state index contributed by atoms with van der Waals surface area (Å²) in [5, 5.41) is 15.8. The van der Waals surface area contributed by atoms with Crippen molar-refractivity contribution in [1.82, 2.24) is 15.3 Å². The summed E-state index contributed by atoms with van der Waals surface area (Å²) >= 11 is 0. The van der Waals surface area contributed by atoms with E-state index in [1.807, 2.05) is 30.4 Å². The quantitative estimate of drug-likeness (QED) is 0.447. The highest BCUT2D eigenvalue weighted by molar-refractivity contribution is 6.05. The molecule has 1 aliphatic rings. The number of nitrogens with zero attached hydrogens (tertiary/aromatic N) is 2. The van der Waals surface area contributed by atoms with Crippen LogP contribution in [0.25, 0.3) is 11.0 Å². The van der Waals surface area contributed by atoms with Crippen molar-refractivity contribution < 1.29 is 9.90 Å². The predicted octanol–water partition coefficient (Wildman–Crippen LogP) is 2.34. The fraction of sp³-hybridized carbons (Fsp3) is 0.167. The minimum atomic E-state index is -0.348. The van der Waals surface area contributed by atoms with Crippen LogP contribution in [0.1, 0.15) is 0 Å². The van der Waals surface area contributed by atoms with E-state index in [1.165, 1.54) is 6.08 Å². The normalized spacial score (nSPS) is 15.9. The first-order chi connectivity index (χ1) is 11.8. The highest BCUT2D eigenvalue weighted by Gasteiger charge is 2.12. The predicted molar refractivity (Wildman–Crippen MR) is 93.5 cm³/mol. The number of carbonyl (C=O) groups is 1. The van der Waals surface area contributed by atoms with Gasteiger partial charge in [0, 0.05) is 36.2 Å². The van der Waals surface area contributed by atoms with Crippen LogP contribution < -0.4 is 10.6 Å². The number of hydrogen-bond donors (Lipinski definition) is 3. The zero-order valence-electron chi connectivity index (χ0n) is 13.0. The molecule has 0 saturated carbocycles. The van der Waals surface area contributed by atoms with Gasteiger partial charge in [0.15, 0.2) is 5.65 Å². The Balaban J connectivity index is 1.73. The fourth-order valence-corrected chi connectivity index (χ4v) is 2.26. The van der Waals surface area contributed by atoms with Crippen molar-refractivity contribution in [2.24, 2.45) is 5.92 Å². The van der Waals surface area contributed by atoms with Gasteiger partial charge >= 0.3 is 0 Å². The number of rotatable bonds is 5. The Morgan fingerprint density at radius 1 is 1.33 bits per heavy atom. The second-order valence-electron chi connectivity index (χ2n) is 5.44. The standard InChI is InChI=1S/C18H18N4O2/c23-10-8-15(4-1-3-13-11-19-12-13)18(24)22-16-7-6-14-5-2-9-20-17(14)21-16/h1-10,13,19,23H,11-12H2,(H,20,21,22,24)/b3-1-,10-8+,15-4+. The van der Waals surface area contributed by atoms with E-state index in [1.54, 1.807) is 18.3 Å². The molecule has 24 heavy (non-hydrogen) atoms. The van der Waals surface area contributed by atoms with Crippen molar-refractivity contribution in [2.75, 3.05) is 18.4 Å². The van der Waals surface area contributed by atoms with Crippen LogP contribution in [0.15, 0.2) is 66.6 Å². The highest BCUT2D eigenvalue weighted by atomic mass is 16.2. The fourth-order valence-electron chi connectivity index (χ4n) is 2.26. The van der Waals surface area contributed by atoms with E-state index >= 15 is 0 Å². The van der Waals surface area contributed by atoms with Crippen LogP contribution in [0.3, 0.4) is 0 Å². The van der Waals surface area contributed by atoms with Gasteiger partial charge in [0.2, 0.25) is 0 Å². The van der Waals surface area contributed by atoms with Gasteiger partial charge < -0.3 is 15.7 Å². The number of aromatic nitrogens is 2. The molecule has 0 unspecified atom stereocenters. The molecule has 3 heterocycles. The lowest BCUT2D eigenvalue weighted by molar-refractivity contribution is -0.112. The molecule has 1 aliphatic heterocycles. The summed E-state index contributed by atoms with van der Waals surface area (Å²) in [4.78, 5) is 20.8. The van der Waals surface area contributed by atoms with Crippen LogP contribution in [0.2, 0.25) is 0 Å². The van der Waals surface area contributed by atoms with Gasteiger partial charge in [-0.25, -0.2) is 9.97 Å². The maximum atomic E-state index is 12.3. The molecule has 3 N–H and O–H groups in total. The number of fused-ring (bicyclic) bond motifs is 1. The van der Waals surface area contributed by atoms with Crippen LogP contribution in [0.5, 0.6) is 0 Å². The number of anilines is 1. The molecule has 6 nitrogen and oxygen atoms in total. The largest absolute Gasteiger partial charge is 0.516 e.